The van der Waals surface area contributed by atoms with E-state index in [4.69, 9.17) is 4.74 Å². The predicted octanol–water partition coefficient (Wildman–Crippen LogP) is 4.57. The van der Waals surface area contributed by atoms with Crippen molar-refractivity contribution in [2.75, 3.05) is 6.61 Å². The van der Waals surface area contributed by atoms with Crippen molar-refractivity contribution in [3.63, 3.8) is 0 Å². The van der Waals surface area contributed by atoms with Gasteiger partial charge in [0, 0.05) is 4.47 Å². The Morgan fingerprint density at radius 2 is 1.93 bits per heavy atom. The lowest BCUT2D eigenvalue weighted by atomic mass is 10.1. The molecule has 0 atom stereocenters. The second-order valence-electron chi connectivity index (χ2n) is 3.90. The molecular formula is C13H19BrO. The SMILES string of the molecule is CCC(CC)COc1cc(Br)ccc1C. The molecule has 0 aromatic heterocycles. The normalized spacial score (nSPS) is 10.7. The Labute approximate surface area is 101 Å². The lowest BCUT2D eigenvalue weighted by Gasteiger charge is -2.15. The van der Waals surface area contributed by atoms with Crippen LogP contribution in [0, 0.1) is 12.8 Å². The van der Waals surface area contributed by atoms with Gasteiger partial charge in [-0.05, 0) is 30.5 Å². The Morgan fingerprint density at radius 1 is 1.27 bits per heavy atom. The number of aryl methyl sites for hydroxylation is 1. The highest BCUT2D eigenvalue weighted by Crippen LogP contribution is 2.23. The number of hydrogen-bond donors (Lipinski definition) is 0. The summed E-state index contributed by atoms with van der Waals surface area (Å²) in [6, 6.07) is 6.16. The van der Waals surface area contributed by atoms with Crippen LogP contribution < -0.4 is 4.74 Å². The van der Waals surface area contributed by atoms with E-state index in [2.05, 4.69) is 42.8 Å². The molecule has 0 spiro atoms. The van der Waals surface area contributed by atoms with Crippen molar-refractivity contribution >= 4 is 15.9 Å². The van der Waals surface area contributed by atoms with Crippen molar-refractivity contribution in [3.8, 4) is 5.75 Å². The minimum Gasteiger partial charge on any atom is -0.493 e. The van der Waals surface area contributed by atoms with Gasteiger partial charge in [0.25, 0.3) is 0 Å². The standard InChI is InChI=1S/C13H19BrO/c1-4-11(5-2)9-15-13-8-12(14)7-6-10(13)3/h6-8,11H,4-5,9H2,1-3H3. The third-order valence-electron chi connectivity index (χ3n) is 2.78. The second-order valence-corrected chi connectivity index (χ2v) is 4.82. The summed E-state index contributed by atoms with van der Waals surface area (Å²) in [6.45, 7) is 7.33. The van der Waals surface area contributed by atoms with Gasteiger partial charge in [-0.3, -0.25) is 0 Å². The predicted molar refractivity (Wildman–Crippen MR) is 68.4 cm³/mol. The van der Waals surface area contributed by atoms with Crippen LogP contribution in [0.1, 0.15) is 32.3 Å². The highest BCUT2D eigenvalue weighted by Gasteiger charge is 2.06. The molecule has 0 aliphatic rings. The molecule has 0 saturated carbocycles. The lowest BCUT2D eigenvalue weighted by molar-refractivity contribution is 0.239. The van der Waals surface area contributed by atoms with Crippen LogP contribution in [0.25, 0.3) is 0 Å². The number of hydrogen-bond acceptors (Lipinski definition) is 1. The van der Waals surface area contributed by atoms with E-state index in [1.165, 1.54) is 18.4 Å². The largest absolute Gasteiger partial charge is 0.493 e. The number of halogens is 1. The molecule has 1 aromatic rings. The molecule has 0 aliphatic carbocycles. The Kier molecular flexibility index (Phi) is 5.16. The summed E-state index contributed by atoms with van der Waals surface area (Å²) in [7, 11) is 0. The van der Waals surface area contributed by atoms with Gasteiger partial charge in [0.15, 0.2) is 0 Å². The van der Waals surface area contributed by atoms with Gasteiger partial charge in [0.1, 0.15) is 5.75 Å². The highest BCUT2D eigenvalue weighted by atomic mass is 79.9. The molecule has 0 amide bonds. The van der Waals surface area contributed by atoms with E-state index in [1.807, 2.05) is 12.1 Å². The van der Waals surface area contributed by atoms with Gasteiger partial charge in [0.05, 0.1) is 6.61 Å². The van der Waals surface area contributed by atoms with Gasteiger partial charge in [-0.2, -0.15) is 0 Å². The summed E-state index contributed by atoms with van der Waals surface area (Å²) in [5.74, 6) is 1.67. The van der Waals surface area contributed by atoms with Gasteiger partial charge >= 0.3 is 0 Å². The van der Waals surface area contributed by atoms with Crippen LogP contribution in [0.3, 0.4) is 0 Å². The van der Waals surface area contributed by atoms with Gasteiger partial charge in [-0.25, -0.2) is 0 Å². The van der Waals surface area contributed by atoms with Gasteiger partial charge < -0.3 is 4.74 Å². The molecule has 0 fully saturated rings. The van der Waals surface area contributed by atoms with E-state index in [9.17, 15) is 0 Å². The minimum atomic E-state index is 0.670. The first kappa shape index (κ1) is 12.6. The number of ether oxygens (including phenoxy) is 1. The summed E-state index contributed by atoms with van der Waals surface area (Å²) in [6.07, 6.45) is 2.37. The van der Waals surface area contributed by atoms with Gasteiger partial charge in [-0.1, -0.05) is 48.7 Å². The Bertz CT molecular complexity index is 305. The quantitative estimate of drug-likeness (QED) is 0.762. The number of benzene rings is 1. The lowest BCUT2D eigenvalue weighted by Crippen LogP contribution is -2.10. The van der Waals surface area contributed by atoms with E-state index in [0.29, 0.717) is 5.92 Å². The van der Waals surface area contributed by atoms with Gasteiger partial charge in [0.2, 0.25) is 0 Å². The van der Waals surface area contributed by atoms with E-state index in [-0.39, 0.29) is 0 Å². The maximum atomic E-state index is 5.83. The van der Waals surface area contributed by atoms with Crippen LogP contribution in [0.5, 0.6) is 5.75 Å². The fourth-order valence-electron chi connectivity index (χ4n) is 1.46. The molecule has 0 N–H and O–H groups in total. The third kappa shape index (κ3) is 3.86. The first-order valence-corrected chi connectivity index (χ1v) is 6.35. The maximum absolute atomic E-state index is 5.83. The van der Waals surface area contributed by atoms with E-state index in [1.54, 1.807) is 0 Å². The molecule has 0 bridgehead atoms. The molecule has 0 aliphatic heterocycles. The highest BCUT2D eigenvalue weighted by molar-refractivity contribution is 9.10. The molecule has 1 nitrogen and oxygen atoms in total. The smallest absolute Gasteiger partial charge is 0.123 e. The Morgan fingerprint density at radius 3 is 2.53 bits per heavy atom. The van der Waals surface area contributed by atoms with Crippen molar-refractivity contribution in [2.24, 2.45) is 5.92 Å². The Hall–Kier alpha value is -0.500. The third-order valence-corrected chi connectivity index (χ3v) is 3.27. The monoisotopic (exact) mass is 270 g/mol. The van der Waals surface area contributed by atoms with Gasteiger partial charge in [-0.15, -0.1) is 0 Å². The van der Waals surface area contributed by atoms with E-state index < -0.39 is 0 Å². The molecule has 1 aromatic carbocycles. The first-order chi connectivity index (χ1) is 7.17. The molecule has 0 heterocycles. The molecule has 0 unspecified atom stereocenters. The summed E-state index contributed by atoms with van der Waals surface area (Å²) < 4.78 is 6.91. The van der Waals surface area contributed by atoms with Crippen LogP contribution in [-0.2, 0) is 0 Å². The molecule has 15 heavy (non-hydrogen) atoms. The van der Waals surface area contributed by atoms with Crippen molar-refractivity contribution in [2.45, 2.75) is 33.6 Å². The zero-order valence-electron chi connectivity index (χ0n) is 9.72. The van der Waals surface area contributed by atoms with Crippen LogP contribution in [-0.4, -0.2) is 6.61 Å². The fourth-order valence-corrected chi connectivity index (χ4v) is 1.80. The number of rotatable bonds is 5. The zero-order valence-corrected chi connectivity index (χ0v) is 11.3. The van der Waals surface area contributed by atoms with Crippen LogP contribution >= 0.6 is 15.9 Å². The molecule has 2 heteroatoms. The maximum Gasteiger partial charge on any atom is 0.123 e. The zero-order chi connectivity index (χ0) is 11.3. The first-order valence-electron chi connectivity index (χ1n) is 5.56. The fraction of sp³-hybridized carbons (Fsp3) is 0.538. The minimum absolute atomic E-state index is 0.670. The van der Waals surface area contributed by atoms with Crippen molar-refractivity contribution in [1.29, 1.82) is 0 Å². The van der Waals surface area contributed by atoms with Crippen LogP contribution in [0.15, 0.2) is 22.7 Å². The van der Waals surface area contributed by atoms with Crippen molar-refractivity contribution in [1.82, 2.24) is 0 Å². The second kappa shape index (κ2) is 6.16. The average molecular weight is 271 g/mol. The molecule has 0 saturated heterocycles. The summed E-state index contributed by atoms with van der Waals surface area (Å²) >= 11 is 3.46. The average Bonchev–Trinajstić information content (AvgIpc) is 2.24. The molecular weight excluding hydrogens is 252 g/mol. The Balaban J connectivity index is 2.60. The molecule has 84 valence electrons. The van der Waals surface area contributed by atoms with Crippen LogP contribution in [0.2, 0.25) is 0 Å². The summed E-state index contributed by atoms with van der Waals surface area (Å²) in [5.41, 5.74) is 1.20. The molecule has 0 radical (unpaired) electrons. The van der Waals surface area contributed by atoms with Crippen LogP contribution in [0.4, 0.5) is 0 Å². The van der Waals surface area contributed by atoms with E-state index in [0.717, 1.165) is 16.8 Å². The molecule has 1 rings (SSSR count). The van der Waals surface area contributed by atoms with Crippen molar-refractivity contribution < 1.29 is 4.74 Å². The van der Waals surface area contributed by atoms with Crippen molar-refractivity contribution in [3.05, 3.63) is 28.2 Å². The van der Waals surface area contributed by atoms with E-state index >= 15 is 0 Å². The summed E-state index contributed by atoms with van der Waals surface area (Å²) in [4.78, 5) is 0. The summed E-state index contributed by atoms with van der Waals surface area (Å²) in [5, 5.41) is 0. The topological polar surface area (TPSA) is 9.23 Å².